The minimum Gasteiger partial charge on any atom is -0.790 e. The van der Waals surface area contributed by atoms with Crippen LogP contribution >= 0.6 is 7.82 Å². The molecule has 3 fully saturated rings. The third-order valence-electron chi connectivity index (χ3n) is 8.32. The zero-order valence-electron chi connectivity index (χ0n) is 47.3. The summed E-state index contributed by atoms with van der Waals surface area (Å²) in [5, 5.41) is 0. The van der Waals surface area contributed by atoms with Crippen LogP contribution in [0, 0.1) is 0 Å². The fourth-order valence-electron chi connectivity index (χ4n) is 6.25. The van der Waals surface area contributed by atoms with Crippen molar-refractivity contribution in [1.82, 2.24) is 0 Å². The second-order valence-corrected chi connectivity index (χ2v) is 25.1. The molecule has 3 aliphatic rings. The Hall–Kier alpha value is 10.6. The molecule has 3 rings (SSSR count). The molecule has 0 spiro atoms. The van der Waals surface area contributed by atoms with Gasteiger partial charge in [0.05, 0.1) is 27.6 Å². The zero-order valence-corrected chi connectivity index (χ0v) is 80.4. The number of phosphoric acid groups is 1. The summed E-state index contributed by atoms with van der Waals surface area (Å²) >= 11 is 0. The molecule has 0 bridgehead atoms. The van der Waals surface area contributed by atoms with E-state index in [-0.39, 0.29) is 355 Å². The van der Waals surface area contributed by atoms with Gasteiger partial charge >= 0.3 is 355 Å². The quantitative estimate of drug-likeness (QED) is 0.0290. The smallest absolute Gasteiger partial charge is 0.790 e. The van der Waals surface area contributed by atoms with E-state index in [1.54, 1.807) is 0 Å². The van der Waals surface area contributed by atoms with Gasteiger partial charge in [-0.25, -0.2) is 88.4 Å². The minimum atomic E-state index is -6.97. The number of rotatable bonds is 29. The predicted molar refractivity (Wildman–Crippen MR) is 193 cm³/mol. The Morgan fingerprint density at radius 2 is 0.478 bits per heavy atom. The summed E-state index contributed by atoms with van der Waals surface area (Å²) in [5.74, 6) is 0. The molecular weight excluding hydrogens is 1630 g/mol. The van der Waals surface area contributed by atoms with Crippen molar-refractivity contribution >= 4 is 112 Å². The van der Waals surface area contributed by atoms with Crippen LogP contribution in [0.3, 0.4) is 0 Å². The predicted octanol–water partition coefficient (Wildman–Crippen LogP) is -49.8. The van der Waals surface area contributed by atoms with E-state index in [9.17, 15) is 144 Å². The Morgan fingerprint density at radius 3 is 0.744 bits per heavy atom. The maximum atomic E-state index is 12.3. The molecule has 3 unspecified atom stereocenters. The van der Waals surface area contributed by atoms with E-state index >= 15 is 0 Å². The molecule has 72 heteroatoms. The van der Waals surface area contributed by atoms with Crippen molar-refractivity contribution in [3.8, 4) is 0 Å². The molecule has 49 nitrogen and oxygen atoms in total. The fraction of sp³-hybridized carbons (Fsp3) is 1.00. The average Bonchev–Trinajstić information content (AvgIpc) is 3.14. The molecule has 0 aromatic carbocycles. The first-order valence-electron chi connectivity index (χ1n) is 17.7. The first kappa shape index (κ1) is 122. The van der Waals surface area contributed by atoms with Crippen molar-refractivity contribution in [3.63, 3.8) is 0 Å². The maximum Gasteiger partial charge on any atom is 1.00 e. The standard InChI is InChI=1S/C18H33O49PS10.12Na/c19-68(20,21)52-1-4-8(61-72(31,32)33)12(64-75(40,41)42)15(66-77(46,47)48)17(55-4)58-10-7(60-71(28,29)30)5(2-53-69(22,23)24)56-16(14(10)65-76(43,44)45)59-13-11(63-74(37,38)39)9(62-73(34,35)36)6(3-54-70(25,26)27)57-18(13)67-78(49,50)51;;;;;;;;;;;;/h4-18H,1-3H2,(H2,19,20,21)(H,22,23,24)(H,25,26,27)(H,28,29,30)(H,31,32,33)(H,34,35,36)(H,37,38,39)(H,40,41,42)(H,43,44,45)(H,46,47,48)(H,49,50,51);;;;;;;;;;;;/q;12*+1/p-12/t4-,5-,6-,7-,8-,9-,10?,11+,12+,13?,14+,15+,16-,17-,18?;;;;;;;;;;;;/m1............/s1. The van der Waals surface area contributed by atoms with Crippen LogP contribution in [0.2, 0.25) is 0 Å². The molecule has 3 aliphatic heterocycles. The first-order chi connectivity index (χ1) is 34.5. The summed E-state index contributed by atoms with van der Waals surface area (Å²) in [6.07, 6.45) is -56.0. The van der Waals surface area contributed by atoms with Gasteiger partial charge in [0.2, 0.25) is 110 Å². The van der Waals surface area contributed by atoms with Crippen LogP contribution in [0.1, 0.15) is 0 Å². The van der Waals surface area contributed by atoms with Gasteiger partial charge in [-0.2, -0.15) is 0 Å². The summed E-state index contributed by atoms with van der Waals surface area (Å²) in [6, 6.07) is 0. The van der Waals surface area contributed by atoms with Crippen LogP contribution < -0.4 is 364 Å². The normalized spacial score (nSPS) is 27.7. The molecule has 0 aromatic heterocycles. The molecule has 0 aliphatic carbocycles. The monoisotopic (exact) mass is 1650 g/mol. The molecule has 3 heterocycles. The molecule has 464 valence electrons. The minimum absolute atomic E-state index is 0. The largest absolute Gasteiger partial charge is 1.00 e. The molecule has 15 atom stereocenters. The zero-order chi connectivity index (χ0) is 60.6. The van der Waals surface area contributed by atoms with E-state index in [0.29, 0.717) is 0 Å². The molecule has 0 radical (unpaired) electrons. The summed E-state index contributed by atoms with van der Waals surface area (Å²) in [6.45, 7) is -6.95. The van der Waals surface area contributed by atoms with Gasteiger partial charge in [-0.3, -0.25) is 37.6 Å². The van der Waals surface area contributed by atoms with Gasteiger partial charge in [-0.1, -0.05) is 0 Å². The average molecular weight is 1650 g/mol. The van der Waals surface area contributed by atoms with Crippen molar-refractivity contribution in [1.29, 1.82) is 0 Å². The summed E-state index contributed by atoms with van der Waals surface area (Å²) in [4.78, 5) is 22.8. The molecule has 90 heavy (non-hydrogen) atoms. The van der Waals surface area contributed by atoms with Gasteiger partial charge in [0.25, 0.3) is 0 Å². The van der Waals surface area contributed by atoms with Gasteiger partial charge in [0.15, 0.2) is 24.8 Å². The molecule has 0 aromatic rings. The van der Waals surface area contributed by atoms with Gasteiger partial charge in [0, 0.05) is 0 Å². The number of hydrogen-bond acceptors (Lipinski definition) is 49. The van der Waals surface area contributed by atoms with Gasteiger partial charge < -0.3 is 88.1 Å². The Bertz CT molecular complexity index is 3380. The van der Waals surface area contributed by atoms with E-state index in [4.69, 9.17) is 23.7 Å². The van der Waals surface area contributed by atoms with Crippen molar-refractivity contribution in [3.05, 3.63) is 0 Å². The number of ether oxygens (including phenoxy) is 5. The van der Waals surface area contributed by atoms with Crippen LogP contribution in [0.5, 0.6) is 0 Å². The fourth-order valence-corrected chi connectivity index (χ4v) is 11.0. The third-order valence-corrected chi connectivity index (χ3v) is 13.3. The van der Waals surface area contributed by atoms with E-state index < -0.39 is 224 Å². The van der Waals surface area contributed by atoms with Gasteiger partial charge in [0.1, 0.15) is 61.0 Å². The molecule has 0 N–H and O–H groups in total. The molecule has 3 saturated heterocycles. The summed E-state index contributed by atoms with van der Waals surface area (Å²) < 4.78 is 435. The van der Waals surface area contributed by atoms with Crippen LogP contribution in [0.25, 0.3) is 0 Å². The summed E-state index contributed by atoms with van der Waals surface area (Å²) in [7, 11) is -73.2. The second-order valence-electron chi connectivity index (χ2n) is 13.7. The van der Waals surface area contributed by atoms with E-state index in [1.807, 2.05) is 0 Å². The van der Waals surface area contributed by atoms with E-state index in [2.05, 4.69) is 46.4 Å². The summed E-state index contributed by atoms with van der Waals surface area (Å²) in [5.41, 5.74) is 0. The van der Waals surface area contributed by atoms with Crippen molar-refractivity contribution < 1.29 is 569 Å². The van der Waals surface area contributed by atoms with Crippen molar-refractivity contribution in [2.75, 3.05) is 19.8 Å². The first-order valence-corrected chi connectivity index (χ1v) is 32.5. The molecular formula is C18H21Na12O49PS10. The second kappa shape index (κ2) is 49.0. The maximum absolute atomic E-state index is 12.3. The van der Waals surface area contributed by atoms with Crippen LogP contribution in [0.15, 0.2) is 0 Å². The molecule has 0 amide bonds. The van der Waals surface area contributed by atoms with Crippen LogP contribution in [-0.2, 0) is 179 Å². The van der Waals surface area contributed by atoms with Gasteiger partial charge in [-0.15, -0.1) is 0 Å². The Morgan fingerprint density at radius 1 is 0.267 bits per heavy atom. The van der Waals surface area contributed by atoms with Crippen LogP contribution in [0.4, 0.5) is 0 Å². The van der Waals surface area contributed by atoms with Crippen LogP contribution in [-0.4, -0.2) is 242 Å². The molecule has 0 saturated carbocycles. The Labute approximate surface area is 776 Å². The van der Waals surface area contributed by atoms with E-state index in [1.165, 1.54) is 0 Å². The Kier molecular flexibility index (Phi) is 66.2. The number of hydrogen-bond donors (Lipinski definition) is 0. The number of phosphoric ester groups is 1. The van der Waals surface area contributed by atoms with Crippen molar-refractivity contribution in [2.45, 2.75) is 92.1 Å². The van der Waals surface area contributed by atoms with Gasteiger partial charge in [-0.05, 0) is 0 Å². The SMILES string of the molecule is O=P([O-])([O-])OC[C@H]1O[C@H](OC2[C@H](OS(=O)(=O)[O-])[C@@H](OC3C(OS(=O)(=O)[O-])O[C@H](COS(=O)(=O)[O-])[C@@H](OS(=O)(=O)[O-])[C@@H]3OS(=O)(=O)[O-])O[C@H](COS(=O)(=O)[O-])[C@H]2OS(=O)(=O)[O-])[C@@H](OS(=O)(=O)[O-])[C@@H](OS(=O)(=O)[O-])[C@@H]1OS(=O)(=O)[O-].[Na+].[Na+].[Na+].[Na+].[Na+].[Na+].[Na+].[Na+].[Na+].[Na+].[Na+].[Na+]. The van der Waals surface area contributed by atoms with E-state index in [0.717, 1.165) is 0 Å². The van der Waals surface area contributed by atoms with Crippen molar-refractivity contribution in [2.24, 2.45) is 0 Å². The topological polar surface area (TPSA) is 783 Å². The Balaban J connectivity index is -0.000000667. The third kappa shape index (κ3) is 50.3.